The Kier molecular flexibility index (Phi) is 3.73. The van der Waals surface area contributed by atoms with Crippen molar-refractivity contribution in [3.63, 3.8) is 0 Å². The van der Waals surface area contributed by atoms with Crippen LogP contribution in [-0.2, 0) is 4.74 Å². The van der Waals surface area contributed by atoms with Crippen molar-refractivity contribution in [2.75, 3.05) is 20.3 Å². The van der Waals surface area contributed by atoms with Gasteiger partial charge in [0, 0.05) is 13.0 Å². The molecule has 0 amide bonds. The molecule has 0 aliphatic rings. The molecular weight excluding hydrogens is 168 g/mol. The third-order valence-electron chi connectivity index (χ3n) is 1.95. The summed E-state index contributed by atoms with van der Waals surface area (Å²) in [5.41, 5.74) is 0.974. The first-order valence-electron chi connectivity index (χ1n) is 4.16. The molecule has 3 nitrogen and oxygen atoms in total. The normalized spacial score (nSPS) is 12.8. The number of aliphatic hydroxyl groups is 1. The molecule has 0 spiro atoms. The molecule has 0 aliphatic carbocycles. The fourth-order valence-corrected chi connectivity index (χ4v) is 1.20. The van der Waals surface area contributed by atoms with E-state index in [0.29, 0.717) is 6.61 Å². The molecular formula is C10H14O3. The van der Waals surface area contributed by atoms with E-state index in [1.54, 1.807) is 31.4 Å². The Morgan fingerprint density at radius 2 is 1.92 bits per heavy atom. The Bertz CT molecular complexity index is 243. The fraction of sp³-hybridized carbons (Fsp3) is 0.400. The van der Waals surface area contributed by atoms with Crippen molar-refractivity contribution in [3.8, 4) is 5.75 Å². The third-order valence-corrected chi connectivity index (χ3v) is 1.95. The van der Waals surface area contributed by atoms with Crippen LogP contribution in [0.3, 0.4) is 0 Å². The molecule has 1 rings (SSSR count). The van der Waals surface area contributed by atoms with E-state index in [4.69, 9.17) is 14.9 Å². The number of hydrogen-bond acceptors (Lipinski definition) is 3. The van der Waals surface area contributed by atoms with Gasteiger partial charge in [-0.15, -0.1) is 0 Å². The van der Waals surface area contributed by atoms with E-state index in [-0.39, 0.29) is 18.3 Å². The summed E-state index contributed by atoms with van der Waals surface area (Å²) < 4.78 is 4.96. The number of ether oxygens (including phenoxy) is 1. The summed E-state index contributed by atoms with van der Waals surface area (Å²) in [4.78, 5) is 0. The van der Waals surface area contributed by atoms with Crippen LogP contribution in [0.5, 0.6) is 5.75 Å². The van der Waals surface area contributed by atoms with Crippen LogP contribution in [0.4, 0.5) is 0 Å². The summed E-state index contributed by atoms with van der Waals surface area (Å²) in [6.45, 7) is 0.542. The molecule has 1 aromatic rings. The zero-order valence-corrected chi connectivity index (χ0v) is 7.60. The summed E-state index contributed by atoms with van der Waals surface area (Å²) in [5, 5.41) is 18.1. The molecule has 2 N–H and O–H groups in total. The van der Waals surface area contributed by atoms with Gasteiger partial charge in [0.05, 0.1) is 13.2 Å². The second-order valence-corrected chi connectivity index (χ2v) is 2.93. The zero-order valence-electron chi connectivity index (χ0n) is 7.60. The van der Waals surface area contributed by atoms with Crippen LogP contribution in [0, 0.1) is 0 Å². The standard InChI is InChI=1S/C10H14O3/c1-13-7-9(6-11)8-2-4-10(12)5-3-8/h2-5,9,11-12H,6-7H2,1H3. The van der Waals surface area contributed by atoms with Crippen molar-refractivity contribution in [1.29, 1.82) is 0 Å². The maximum absolute atomic E-state index is 9.05. The highest BCUT2D eigenvalue weighted by Crippen LogP contribution is 2.18. The van der Waals surface area contributed by atoms with Crippen LogP contribution in [0.2, 0.25) is 0 Å². The molecule has 13 heavy (non-hydrogen) atoms. The van der Waals surface area contributed by atoms with Crippen LogP contribution in [-0.4, -0.2) is 30.5 Å². The van der Waals surface area contributed by atoms with E-state index in [0.717, 1.165) is 5.56 Å². The lowest BCUT2D eigenvalue weighted by Gasteiger charge is -2.12. The Morgan fingerprint density at radius 1 is 1.31 bits per heavy atom. The van der Waals surface area contributed by atoms with Crippen LogP contribution in [0.15, 0.2) is 24.3 Å². The number of aliphatic hydroxyl groups excluding tert-OH is 1. The molecule has 0 bridgehead atoms. The molecule has 0 heterocycles. The number of phenols is 1. The summed E-state index contributed by atoms with van der Waals surface area (Å²) in [5.74, 6) is 0.225. The van der Waals surface area contributed by atoms with Crippen LogP contribution in [0.25, 0.3) is 0 Å². The van der Waals surface area contributed by atoms with Crippen LogP contribution >= 0.6 is 0 Å². The number of benzene rings is 1. The molecule has 0 saturated heterocycles. The van der Waals surface area contributed by atoms with Gasteiger partial charge < -0.3 is 14.9 Å². The summed E-state index contributed by atoms with van der Waals surface area (Å²) in [7, 11) is 1.60. The van der Waals surface area contributed by atoms with Gasteiger partial charge in [0.1, 0.15) is 5.75 Å². The van der Waals surface area contributed by atoms with E-state index in [9.17, 15) is 0 Å². The van der Waals surface area contributed by atoms with Gasteiger partial charge in [-0.2, -0.15) is 0 Å². The van der Waals surface area contributed by atoms with Crippen molar-refractivity contribution in [3.05, 3.63) is 29.8 Å². The molecule has 1 atom stereocenters. The van der Waals surface area contributed by atoms with E-state index in [2.05, 4.69) is 0 Å². The maximum atomic E-state index is 9.05. The van der Waals surface area contributed by atoms with E-state index in [1.165, 1.54) is 0 Å². The molecule has 1 aromatic carbocycles. The predicted molar refractivity (Wildman–Crippen MR) is 49.8 cm³/mol. The summed E-state index contributed by atoms with van der Waals surface area (Å²) in [6, 6.07) is 6.78. The van der Waals surface area contributed by atoms with Crippen molar-refractivity contribution < 1.29 is 14.9 Å². The summed E-state index contributed by atoms with van der Waals surface area (Å²) >= 11 is 0. The molecule has 0 aliphatic heterocycles. The first-order chi connectivity index (χ1) is 6.27. The third kappa shape index (κ3) is 2.72. The second-order valence-electron chi connectivity index (χ2n) is 2.93. The van der Waals surface area contributed by atoms with E-state index < -0.39 is 0 Å². The number of hydrogen-bond donors (Lipinski definition) is 2. The Labute approximate surface area is 77.6 Å². The lowest BCUT2D eigenvalue weighted by molar-refractivity contribution is 0.144. The largest absolute Gasteiger partial charge is 0.508 e. The molecule has 3 heteroatoms. The minimum absolute atomic E-state index is 0.00870. The predicted octanol–water partition coefficient (Wildman–Crippen LogP) is 1.11. The first-order valence-corrected chi connectivity index (χ1v) is 4.16. The number of methoxy groups -OCH3 is 1. The number of phenolic OH excluding ortho intramolecular Hbond substituents is 1. The molecule has 0 radical (unpaired) electrons. The quantitative estimate of drug-likeness (QED) is 0.733. The lowest BCUT2D eigenvalue weighted by Crippen LogP contribution is -2.10. The van der Waals surface area contributed by atoms with Crippen molar-refractivity contribution in [2.45, 2.75) is 5.92 Å². The van der Waals surface area contributed by atoms with Gasteiger partial charge in [0.2, 0.25) is 0 Å². The molecule has 1 unspecified atom stereocenters. The van der Waals surface area contributed by atoms with Gasteiger partial charge in [-0.25, -0.2) is 0 Å². The van der Waals surface area contributed by atoms with Gasteiger partial charge in [0.25, 0.3) is 0 Å². The summed E-state index contributed by atoms with van der Waals surface area (Å²) in [6.07, 6.45) is 0. The van der Waals surface area contributed by atoms with Gasteiger partial charge >= 0.3 is 0 Å². The van der Waals surface area contributed by atoms with Crippen molar-refractivity contribution >= 4 is 0 Å². The zero-order chi connectivity index (χ0) is 9.68. The molecule has 0 aromatic heterocycles. The monoisotopic (exact) mass is 182 g/mol. The fourth-order valence-electron chi connectivity index (χ4n) is 1.20. The highest BCUT2D eigenvalue weighted by atomic mass is 16.5. The van der Waals surface area contributed by atoms with Crippen LogP contribution in [0.1, 0.15) is 11.5 Å². The Morgan fingerprint density at radius 3 is 2.38 bits per heavy atom. The average Bonchev–Trinajstić information content (AvgIpc) is 2.16. The average molecular weight is 182 g/mol. The topological polar surface area (TPSA) is 49.7 Å². The Hall–Kier alpha value is -1.06. The second kappa shape index (κ2) is 4.84. The molecule has 0 saturated carbocycles. The Balaban J connectivity index is 2.73. The van der Waals surface area contributed by atoms with Crippen LogP contribution < -0.4 is 0 Å². The molecule has 0 fully saturated rings. The SMILES string of the molecule is COCC(CO)c1ccc(O)cc1. The maximum Gasteiger partial charge on any atom is 0.115 e. The lowest BCUT2D eigenvalue weighted by atomic mass is 10.0. The smallest absolute Gasteiger partial charge is 0.115 e. The first kappa shape index (κ1) is 10.0. The van der Waals surface area contributed by atoms with Gasteiger partial charge in [0.15, 0.2) is 0 Å². The van der Waals surface area contributed by atoms with E-state index >= 15 is 0 Å². The highest BCUT2D eigenvalue weighted by molar-refractivity contribution is 5.28. The minimum atomic E-state index is -0.00870. The number of rotatable bonds is 4. The van der Waals surface area contributed by atoms with E-state index in [1.807, 2.05) is 0 Å². The van der Waals surface area contributed by atoms with Gasteiger partial charge in [-0.3, -0.25) is 0 Å². The molecule has 72 valence electrons. The van der Waals surface area contributed by atoms with Crippen molar-refractivity contribution in [1.82, 2.24) is 0 Å². The van der Waals surface area contributed by atoms with Gasteiger partial charge in [-0.05, 0) is 17.7 Å². The van der Waals surface area contributed by atoms with Crippen molar-refractivity contribution in [2.24, 2.45) is 0 Å². The van der Waals surface area contributed by atoms with Gasteiger partial charge in [-0.1, -0.05) is 12.1 Å². The number of aromatic hydroxyl groups is 1. The highest BCUT2D eigenvalue weighted by Gasteiger charge is 2.09. The minimum Gasteiger partial charge on any atom is -0.508 e.